The van der Waals surface area contributed by atoms with E-state index in [-0.39, 0.29) is 12.1 Å². The largest absolute Gasteiger partial charge is 0.459 e. The van der Waals surface area contributed by atoms with Gasteiger partial charge in [0.15, 0.2) is 5.60 Å². The second kappa shape index (κ2) is 7.45. The first kappa shape index (κ1) is 24.5. The van der Waals surface area contributed by atoms with E-state index < -0.39 is 63.8 Å². The molecule has 1 amide bonds. The quantitative estimate of drug-likeness (QED) is 0.637. The Morgan fingerprint density at radius 3 is 2.39 bits per heavy atom. The minimum Gasteiger partial charge on any atom is -0.459 e. The molecule has 1 heterocycles. The van der Waals surface area contributed by atoms with Crippen LogP contribution in [0.2, 0.25) is 0 Å². The molecule has 1 saturated carbocycles. The van der Waals surface area contributed by atoms with E-state index in [1.165, 1.54) is 6.07 Å². The van der Waals surface area contributed by atoms with Crippen LogP contribution in [-0.2, 0) is 30.0 Å². The van der Waals surface area contributed by atoms with Crippen LogP contribution in [0, 0.1) is 22.2 Å². The van der Waals surface area contributed by atoms with E-state index in [0.717, 1.165) is 19.1 Å². The number of alkyl halides is 3. The van der Waals surface area contributed by atoms with Gasteiger partial charge in [0.25, 0.3) is 5.91 Å². The predicted octanol–water partition coefficient (Wildman–Crippen LogP) is 2.93. The lowest BCUT2D eigenvalue weighted by Gasteiger charge is -2.35. The van der Waals surface area contributed by atoms with Crippen molar-refractivity contribution in [2.24, 2.45) is 10.8 Å². The fraction of sp³-hybridized carbons (Fsp3) is 0.545. The van der Waals surface area contributed by atoms with Gasteiger partial charge in [0, 0.05) is 11.1 Å². The molecule has 1 aromatic rings. The maximum absolute atomic E-state index is 13.1. The number of hydrogen-bond donors (Lipinski definition) is 2. The number of carbonyl (C=O) groups excluding carboxylic acids is 3. The Labute approximate surface area is 187 Å². The molecule has 3 unspecified atom stereocenters. The number of nitrogens with one attached hydrogen (secondary N) is 1. The van der Waals surface area contributed by atoms with Gasteiger partial charge in [-0.25, -0.2) is 4.79 Å². The van der Waals surface area contributed by atoms with Crippen LogP contribution in [0.5, 0.6) is 0 Å². The highest BCUT2D eigenvalue weighted by atomic mass is 19.4. The number of fused-ring (bicyclic) bond motifs is 2. The SMILES string of the molecule is CC(O)(COC(=O)C12CCC(C)(C(=O)O1)C2(C)C)C(=O)Nc1ccc(C#N)c(C(F)(F)F)c1. The van der Waals surface area contributed by atoms with Crippen LogP contribution >= 0.6 is 0 Å². The van der Waals surface area contributed by atoms with Crippen molar-refractivity contribution in [1.82, 2.24) is 0 Å². The molecule has 1 aromatic carbocycles. The first-order valence-electron chi connectivity index (χ1n) is 10.1. The van der Waals surface area contributed by atoms with Crippen LogP contribution in [0.25, 0.3) is 0 Å². The summed E-state index contributed by atoms with van der Waals surface area (Å²) in [4.78, 5) is 37.7. The monoisotopic (exact) mass is 468 g/mol. The molecule has 3 rings (SSSR count). The molecule has 1 saturated heterocycles. The lowest BCUT2D eigenvalue weighted by atomic mass is 9.66. The summed E-state index contributed by atoms with van der Waals surface area (Å²) in [7, 11) is 0. The number of nitriles is 1. The Hall–Kier alpha value is -3.13. The summed E-state index contributed by atoms with van der Waals surface area (Å²) < 4.78 is 49.9. The van der Waals surface area contributed by atoms with Gasteiger partial charge < -0.3 is 19.9 Å². The van der Waals surface area contributed by atoms with E-state index in [9.17, 15) is 32.7 Å². The van der Waals surface area contributed by atoms with Crippen molar-refractivity contribution in [3.8, 4) is 6.07 Å². The third-order valence-corrected chi connectivity index (χ3v) is 7.09. The molecule has 3 atom stereocenters. The number of anilines is 1. The Morgan fingerprint density at radius 2 is 1.91 bits per heavy atom. The summed E-state index contributed by atoms with van der Waals surface area (Å²) in [5.74, 6) is -2.57. The van der Waals surface area contributed by atoms with Crippen molar-refractivity contribution in [3.05, 3.63) is 29.3 Å². The maximum atomic E-state index is 13.1. The molecule has 11 heteroatoms. The summed E-state index contributed by atoms with van der Waals surface area (Å²) in [5, 5.41) is 21.5. The van der Waals surface area contributed by atoms with Crippen LogP contribution in [0.15, 0.2) is 18.2 Å². The smallest absolute Gasteiger partial charge is 0.417 e. The molecule has 2 N–H and O–H groups in total. The normalized spacial score (nSPS) is 27.3. The van der Waals surface area contributed by atoms with Crippen LogP contribution in [0.1, 0.15) is 51.7 Å². The zero-order chi connectivity index (χ0) is 25.0. The van der Waals surface area contributed by atoms with Crippen LogP contribution in [0.4, 0.5) is 18.9 Å². The van der Waals surface area contributed by atoms with Crippen molar-refractivity contribution in [1.29, 1.82) is 5.26 Å². The fourth-order valence-electron chi connectivity index (χ4n) is 4.31. The molecule has 0 radical (unpaired) electrons. The van der Waals surface area contributed by atoms with E-state index >= 15 is 0 Å². The maximum Gasteiger partial charge on any atom is 0.417 e. The third kappa shape index (κ3) is 3.62. The number of nitrogens with zero attached hydrogens (tertiary/aromatic N) is 1. The minimum absolute atomic E-state index is 0.223. The van der Waals surface area contributed by atoms with Gasteiger partial charge in [0.2, 0.25) is 5.60 Å². The number of benzene rings is 1. The van der Waals surface area contributed by atoms with E-state index in [1.54, 1.807) is 20.8 Å². The summed E-state index contributed by atoms with van der Waals surface area (Å²) in [5.41, 5.74) is -7.82. The Bertz CT molecular complexity index is 1070. The zero-order valence-electron chi connectivity index (χ0n) is 18.4. The summed E-state index contributed by atoms with van der Waals surface area (Å²) in [6.45, 7) is 5.31. The number of carbonyl (C=O) groups is 3. The van der Waals surface area contributed by atoms with Crippen molar-refractivity contribution >= 4 is 23.5 Å². The molecule has 8 nitrogen and oxygen atoms in total. The van der Waals surface area contributed by atoms with Gasteiger partial charge in [-0.1, -0.05) is 13.8 Å². The van der Waals surface area contributed by atoms with Gasteiger partial charge in [-0.3, -0.25) is 9.59 Å². The number of esters is 2. The van der Waals surface area contributed by atoms with Gasteiger partial charge in [-0.2, -0.15) is 18.4 Å². The van der Waals surface area contributed by atoms with Crippen LogP contribution in [0.3, 0.4) is 0 Å². The fourth-order valence-corrected chi connectivity index (χ4v) is 4.31. The highest BCUT2D eigenvalue weighted by Crippen LogP contribution is 2.65. The topological polar surface area (TPSA) is 126 Å². The lowest BCUT2D eigenvalue weighted by Crippen LogP contribution is -2.51. The molecule has 0 spiro atoms. The lowest BCUT2D eigenvalue weighted by molar-refractivity contribution is -0.187. The molecule has 1 aliphatic carbocycles. The van der Waals surface area contributed by atoms with Crippen molar-refractivity contribution in [2.45, 2.75) is 57.9 Å². The Kier molecular flexibility index (Phi) is 5.53. The standard InChI is InChI=1S/C22H23F3N2O6/c1-18(2)19(3)7-8-21(18,33-16(19)29)17(30)32-11-20(4,31)15(28)27-13-6-5-12(10-26)14(9-13)22(23,24)25/h5-6,9,31H,7-8,11H2,1-4H3,(H,27,28). The van der Waals surface area contributed by atoms with Crippen molar-refractivity contribution < 1.29 is 42.1 Å². The molecule has 33 heavy (non-hydrogen) atoms. The van der Waals surface area contributed by atoms with Crippen LogP contribution < -0.4 is 5.32 Å². The van der Waals surface area contributed by atoms with Crippen LogP contribution in [-0.4, -0.2) is 40.8 Å². The number of ether oxygens (including phenoxy) is 2. The molecular formula is C22H23F3N2O6. The molecule has 1 aliphatic heterocycles. The van der Waals surface area contributed by atoms with Crippen molar-refractivity contribution in [2.75, 3.05) is 11.9 Å². The summed E-state index contributed by atoms with van der Waals surface area (Å²) >= 11 is 0. The second-order valence-corrected chi connectivity index (χ2v) is 9.35. The van der Waals surface area contributed by atoms with E-state index in [2.05, 4.69) is 5.32 Å². The number of amides is 1. The third-order valence-electron chi connectivity index (χ3n) is 7.09. The van der Waals surface area contributed by atoms with Gasteiger partial charge in [-0.05, 0) is 44.9 Å². The molecule has 0 aromatic heterocycles. The van der Waals surface area contributed by atoms with Gasteiger partial charge in [0.1, 0.15) is 6.61 Å². The zero-order valence-corrected chi connectivity index (χ0v) is 18.4. The molecule has 178 valence electrons. The average Bonchev–Trinajstić information content (AvgIpc) is 3.01. The highest BCUT2D eigenvalue weighted by molar-refractivity contribution is 5.98. The van der Waals surface area contributed by atoms with Gasteiger partial charge in [-0.15, -0.1) is 0 Å². The Balaban J connectivity index is 1.72. The number of halogens is 3. The van der Waals surface area contributed by atoms with E-state index in [0.29, 0.717) is 12.5 Å². The molecule has 2 aliphatic rings. The first-order valence-corrected chi connectivity index (χ1v) is 10.1. The number of aliphatic hydroxyl groups is 1. The van der Waals surface area contributed by atoms with Gasteiger partial charge >= 0.3 is 18.1 Å². The van der Waals surface area contributed by atoms with E-state index in [4.69, 9.17) is 14.7 Å². The van der Waals surface area contributed by atoms with E-state index in [1.807, 2.05) is 0 Å². The second-order valence-electron chi connectivity index (χ2n) is 9.35. The summed E-state index contributed by atoms with van der Waals surface area (Å²) in [6, 6.07) is 3.95. The molecule has 2 fully saturated rings. The molecular weight excluding hydrogens is 445 g/mol. The summed E-state index contributed by atoms with van der Waals surface area (Å²) in [6.07, 6.45) is -4.20. The molecule has 2 bridgehead atoms. The number of hydrogen-bond acceptors (Lipinski definition) is 7. The predicted molar refractivity (Wildman–Crippen MR) is 106 cm³/mol. The minimum atomic E-state index is -4.83. The highest BCUT2D eigenvalue weighted by Gasteiger charge is 2.76. The average molecular weight is 468 g/mol. The first-order chi connectivity index (χ1) is 15.0. The Morgan fingerprint density at radius 1 is 1.27 bits per heavy atom. The number of rotatable bonds is 5. The van der Waals surface area contributed by atoms with Gasteiger partial charge in [0.05, 0.1) is 22.6 Å². The van der Waals surface area contributed by atoms with Crippen molar-refractivity contribution in [3.63, 3.8) is 0 Å².